The van der Waals surface area contributed by atoms with Gasteiger partial charge in [-0.3, -0.25) is 8.86 Å². The molecule has 1 aromatic rings. The van der Waals surface area contributed by atoms with Crippen molar-refractivity contribution < 1.29 is 12.6 Å². The highest BCUT2D eigenvalue weighted by atomic mass is 32.2. The lowest BCUT2D eigenvalue weighted by Gasteiger charge is -2.03. The Balaban J connectivity index is 2.45. The van der Waals surface area contributed by atoms with E-state index in [4.69, 9.17) is 0 Å². The average molecular weight is 232 g/mol. The Morgan fingerprint density at radius 1 is 1.53 bits per heavy atom. The van der Waals surface area contributed by atoms with E-state index in [9.17, 15) is 8.42 Å². The van der Waals surface area contributed by atoms with Crippen LogP contribution in [0.2, 0.25) is 0 Å². The molecule has 0 amide bonds. The summed E-state index contributed by atoms with van der Waals surface area (Å²) in [4.78, 5) is 0. The van der Waals surface area contributed by atoms with Gasteiger partial charge in [-0.2, -0.15) is 13.5 Å². The molecule has 0 aromatic carbocycles. The van der Waals surface area contributed by atoms with E-state index in [-0.39, 0.29) is 6.61 Å². The highest BCUT2D eigenvalue weighted by molar-refractivity contribution is 7.85. The summed E-state index contributed by atoms with van der Waals surface area (Å²) in [5.41, 5.74) is 0.979. The molecule has 0 spiro atoms. The molecular weight excluding hydrogens is 216 g/mol. The van der Waals surface area contributed by atoms with Crippen LogP contribution in [0.3, 0.4) is 0 Å². The predicted octanol–water partition coefficient (Wildman–Crippen LogP) is 0.983. The van der Waals surface area contributed by atoms with Gasteiger partial charge in [0.15, 0.2) is 0 Å². The minimum atomic E-state index is -3.33. The second-order valence-electron chi connectivity index (χ2n) is 3.70. The first-order valence-electron chi connectivity index (χ1n) is 4.76. The molecule has 0 saturated heterocycles. The molecule has 0 aliphatic heterocycles. The summed E-state index contributed by atoms with van der Waals surface area (Å²) >= 11 is 0. The monoisotopic (exact) mass is 232 g/mol. The van der Waals surface area contributed by atoms with Crippen molar-refractivity contribution in [2.75, 3.05) is 12.9 Å². The molecule has 1 aromatic heterocycles. The van der Waals surface area contributed by atoms with E-state index >= 15 is 0 Å². The van der Waals surface area contributed by atoms with E-state index in [0.717, 1.165) is 11.8 Å². The molecule has 5 nitrogen and oxygen atoms in total. The lowest BCUT2D eigenvalue weighted by atomic mass is 10.3. The van der Waals surface area contributed by atoms with E-state index in [1.165, 1.54) is 0 Å². The van der Waals surface area contributed by atoms with Crippen molar-refractivity contribution in [1.82, 2.24) is 9.78 Å². The maximum Gasteiger partial charge on any atom is 0.264 e. The lowest BCUT2D eigenvalue weighted by Crippen LogP contribution is -2.06. The summed E-state index contributed by atoms with van der Waals surface area (Å²) in [5, 5.41) is 4.14. The SMILES string of the molecule is CC(C)n1cc(CCOS(C)(=O)=O)cn1. The number of rotatable bonds is 5. The Labute approximate surface area is 90.2 Å². The van der Waals surface area contributed by atoms with Crippen molar-refractivity contribution >= 4 is 10.1 Å². The molecule has 6 heteroatoms. The van der Waals surface area contributed by atoms with Crippen molar-refractivity contribution in [2.24, 2.45) is 0 Å². The van der Waals surface area contributed by atoms with Crippen LogP contribution in [0.25, 0.3) is 0 Å². The number of hydrogen-bond donors (Lipinski definition) is 0. The fraction of sp³-hybridized carbons (Fsp3) is 0.667. The van der Waals surface area contributed by atoms with Crippen molar-refractivity contribution in [3.8, 4) is 0 Å². The molecule has 0 atom stereocenters. The number of nitrogens with zero attached hydrogens (tertiary/aromatic N) is 2. The van der Waals surface area contributed by atoms with Gasteiger partial charge in [-0.25, -0.2) is 0 Å². The Kier molecular flexibility index (Phi) is 3.87. The first kappa shape index (κ1) is 12.2. The molecule has 0 radical (unpaired) electrons. The summed E-state index contributed by atoms with van der Waals surface area (Å²) in [7, 11) is -3.33. The summed E-state index contributed by atoms with van der Waals surface area (Å²) in [5.74, 6) is 0. The van der Waals surface area contributed by atoms with Crippen LogP contribution in [0.4, 0.5) is 0 Å². The molecular formula is C9H16N2O3S. The molecule has 1 rings (SSSR count). The standard InChI is InChI=1S/C9H16N2O3S/c1-8(2)11-7-9(6-10-11)4-5-14-15(3,12)13/h6-8H,4-5H2,1-3H3. The minimum Gasteiger partial charge on any atom is -0.270 e. The molecule has 0 saturated carbocycles. The van der Waals surface area contributed by atoms with Gasteiger partial charge in [-0.05, 0) is 19.4 Å². The Hall–Kier alpha value is -0.880. The molecule has 86 valence electrons. The maximum absolute atomic E-state index is 10.7. The summed E-state index contributed by atoms with van der Waals surface area (Å²) in [6.45, 7) is 4.23. The summed E-state index contributed by atoms with van der Waals surface area (Å²) in [6.07, 6.45) is 5.23. The van der Waals surface area contributed by atoms with Gasteiger partial charge in [0.2, 0.25) is 0 Å². The van der Waals surface area contributed by atoms with Crippen LogP contribution in [0.5, 0.6) is 0 Å². The third kappa shape index (κ3) is 4.44. The number of hydrogen-bond acceptors (Lipinski definition) is 4. The van der Waals surface area contributed by atoms with Crippen molar-refractivity contribution in [3.05, 3.63) is 18.0 Å². The van der Waals surface area contributed by atoms with Gasteiger partial charge < -0.3 is 0 Å². The van der Waals surface area contributed by atoms with Crippen molar-refractivity contribution in [1.29, 1.82) is 0 Å². The maximum atomic E-state index is 10.7. The van der Waals surface area contributed by atoms with Crippen molar-refractivity contribution in [3.63, 3.8) is 0 Å². The number of aromatic nitrogens is 2. The van der Waals surface area contributed by atoms with Crippen LogP contribution < -0.4 is 0 Å². The molecule has 1 heterocycles. The Morgan fingerprint density at radius 3 is 2.67 bits per heavy atom. The molecule has 0 N–H and O–H groups in total. The normalized spacial score (nSPS) is 12.3. The van der Waals surface area contributed by atoms with Crippen LogP contribution in [0.15, 0.2) is 12.4 Å². The zero-order valence-electron chi connectivity index (χ0n) is 9.17. The minimum absolute atomic E-state index is 0.169. The van der Waals surface area contributed by atoms with Crippen LogP contribution in [-0.2, 0) is 20.7 Å². The van der Waals surface area contributed by atoms with E-state index in [1.54, 1.807) is 6.20 Å². The zero-order chi connectivity index (χ0) is 11.5. The van der Waals surface area contributed by atoms with E-state index in [0.29, 0.717) is 12.5 Å². The van der Waals surface area contributed by atoms with Gasteiger partial charge in [0.25, 0.3) is 10.1 Å². The quantitative estimate of drug-likeness (QED) is 0.710. The molecule has 15 heavy (non-hydrogen) atoms. The lowest BCUT2D eigenvalue weighted by molar-refractivity contribution is 0.326. The topological polar surface area (TPSA) is 61.2 Å². The fourth-order valence-electron chi connectivity index (χ4n) is 1.10. The smallest absolute Gasteiger partial charge is 0.264 e. The predicted molar refractivity (Wildman–Crippen MR) is 57.1 cm³/mol. The zero-order valence-corrected chi connectivity index (χ0v) is 9.99. The van der Waals surface area contributed by atoms with Gasteiger partial charge in [-0.1, -0.05) is 0 Å². The molecule has 0 fully saturated rings. The molecule has 0 aliphatic rings. The van der Waals surface area contributed by atoms with Crippen LogP contribution >= 0.6 is 0 Å². The van der Waals surface area contributed by atoms with Gasteiger partial charge in [0.05, 0.1) is 19.1 Å². The van der Waals surface area contributed by atoms with Gasteiger partial charge in [0.1, 0.15) is 0 Å². The van der Waals surface area contributed by atoms with Gasteiger partial charge in [0, 0.05) is 18.7 Å². The molecule has 0 unspecified atom stereocenters. The molecule has 0 bridgehead atoms. The van der Waals surface area contributed by atoms with Gasteiger partial charge in [-0.15, -0.1) is 0 Å². The van der Waals surface area contributed by atoms with Crippen LogP contribution in [-0.4, -0.2) is 31.1 Å². The largest absolute Gasteiger partial charge is 0.270 e. The Morgan fingerprint density at radius 2 is 2.20 bits per heavy atom. The fourth-order valence-corrected chi connectivity index (χ4v) is 1.49. The average Bonchev–Trinajstić information content (AvgIpc) is 2.50. The Bertz CT molecular complexity index is 409. The third-order valence-corrected chi connectivity index (χ3v) is 2.47. The first-order chi connectivity index (χ1) is 6.88. The highest BCUT2D eigenvalue weighted by Gasteiger charge is 2.04. The third-order valence-electron chi connectivity index (χ3n) is 1.87. The van der Waals surface area contributed by atoms with E-state index < -0.39 is 10.1 Å². The van der Waals surface area contributed by atoms with Crippen LogP contribution in [0.1, 0.15) is 25.5 Å². The van der Waals surface area contributed by atoms with E-state index in [1.807, 2.05) is 24.7 Å². The van der Waals surface area contributed by atoms with Gasteiger partial charge >= 0.3 is 0 Å². The summed E-state index contributed by atoms with van der Waals surface area (Å²) < 4.78 is 27.9. The second-order valence-corrected chi connectivity index (χ2v) is 5.34. The second kappa shape index (κ2) is 4.76. The summed E-state index contributed by atoms with van der Waals surface area (Å²) in [6, 6.07) is 0.314. The van der Waals surface area contributed by atoms with Crippen molar-refractivity contribution in [2.45, 2.75) is 26.3 Å². The highest BCUT2D eigenvalue weighted by Crippen LogP contribution is 2.06. The van der Waals surface area contributed by atoms with E-state index in [2.05, 4.69) is 9.28 Å². The first-order valence-corrected chi connectivity index (χ1v) is 6.57. The molecule has 0 aliphatic carbocycles. The van der Waals surface area contributed by atoms with Crippen LogP contribution in [0, 0.1) is 0 Å².